The van der Waals surface area contributed by atoms with Gasteiger partial charge in [0.1, 0.15) is 5.00 Å². The first-order chi connectivity index (χ1) is 15.0. The maximum atomic E-state index is 13.3. The normalized spacial score (nSPS) is 10.8. The number of para-hydroxylation sites is 1. The van der Waals surface area contributed by atoms with Gasteiger partial charge in [-0.3, -0.25) is 9.59 Å². The molecule has 0 saturated heterocycles. The number of aromatic nitrogens is 2. The van der Waals surface area contributed by atoms with Crippen molar-refractivity contribution in [1.29, 1.82) is 0 Å². The number of nitrogens with one attached hydrogen (secondary N) is 1. The van der Waals surface area contributed by atoms with Gasteiger partial charge in [-0.2, -0.15) is 9.78 Å². The minimum atomic E-state index is -0.640. The van der Waals surface area contributed by atoms with Crippen LogP contribution in [-0.2, 0) is 4.74 Å². The minimum Gasteiger partial charge on any atom is -0.461 e. The largest absolute Gasteiger partial charge is 0.461 e. The first-order valence-electron chi connectivity index (χ1n) is 9.34. The van der Waals surface area contributed by atoms with Gasteiger partial charge in [0.2, 0.25) is 0 Å². The van der Waals surface area contributed by atoms with Crippen LogP contribution in [0.5, 0.6) is 0 Å². The molecule has 2 heterocycles. The lowest BCUT2D eigenvalue weighted by atomic mass is 10.2. The molecule has 156 valence electrons. The summed E-state index contributed by atoms with van der Waals surface area (Å²) in [5.74, 6) is -1.02. The lowest BCUT2D eigenvalue weighted by Gasteiger charge is -2.10. The highest BCUT2D eigenvalue weighted by Gasteiger charge is 2.23. The molecule has 0 radical (unpaired) electrons. The molecular formula is C22H16BrN3O4S. The molecule has 0 atom stereocenters. The van der Waals surface area contributed by atoms with E-state index in [2.05, 4.69) is 26.3 Å². The Hall–Kier alpha value is -3.30. The van der Waals surface area contributed by atoms with Crippen LogP contribution in [0.1, 0.15) is 27.8 Å². The molecule has 4 rings (SSSR count). The topological polar surface area (TPSA) is 90.3 Å². The number of halogens is 1. The van der Waals surface area contributed by atoms with Crippen molar-refractivity contribution in [1.82, 2.24) is 9.78 Å². The van der Waals surface area contributed by atoms with Crippen LogP contribution in [0.2, 0.25) is 0 Å². The van der Waals surface area contributed by atoms with Crippen LogP contribution in [0.25, 0.3) is 16.5 Å². The standard InChI is InChI=1S/C22H16BrN3O4S/c1-2-30-22(29)18-15-12-31-20(24-19(27)14-10-6-7-11-16(14)23)17(15)21(28)26(25-18)13-8-4-3-5-9-13/h3-12H,2H2,1H3,(H,24,27). The number of fused-ring (bicyclic) bond motifs is 1. The summed E-state index contributed by atoms with van der Waals surface area (Å²) in [6.07, 6.45) is 0. The van der Waals surface area contributed by atoms with Gasteiger partial charge < -0.3 is 10.1 Å². The molecule has 4 aromatic rings. The number of hydrogen-bond acceptors (Lipinski definition) is 6. The molecule has 7 nitrogen and oxygen atoms in total. The molecule has 0 aliphatic rings. The summed E-state index contributed by atoms with van der Waals surface area (Å²) >= 11 is 4.51. The zero-order valence-electron chi connectivity index (χ0n) is 16.3. The molecule has 9 heteroatoms. The second kappa shape index (κ2) is 8.83. The average Bonchev–Trinajstić information content (AvgIpc) is 3.19. The van der Waals surface area contributed by atoms with Crippen LogP contribution in [0.15, 0.2) is 69.2 Å². The monoisotopic (exact) mass is 497 g/mol. The highest BCUT2D eigenvalue weighted by molar-refractivity contribution is 9.10. The number of anilines is 1. The third kappa shape index (κ3) is 4.01. The summed E-state index contributed by atoms with van der Waals surface area (Å²) in [5.41, 5.74) is 0.484. The summed E-state index contributed by atoms with van der Waals surface area (Å²) in [7, 11) is 0. The Kier molecular flexibility index (Phi) is 5.97. The van der Waals surface area contributed by atoms with Gasteiger partial charge in [0.25, 0.3) is 11.5 Å². The summed E-state index contributed by atoms with van der Waals surface area (Å²) < 4.78 is 6.91. The van der Waals surface area contributed by atoms with Gasteiger partial charge in [-0.25, -0.2) is 4.79 Å². The number of hydrogen-bond donors (Lipinski definition) is 1. The van der Waals surface area contributed by atoms with Crippen molar-refractivity contribution in [3.63, 3.8) is 0 Å². The Morgan fingerprint density at radius 1 is 1.13 bits per heavy atom. The van der Waals surface area contributed by atoms with Crippen LogP contribution in [0, 0.1) is 0 Å². The predicted molar refractivity (Wildman–Crippen MR) is 123 cm³/mol. The van der Waals surface area contributed by atoms with Crippen molar-refractivity contribution in [2.45, 2.75) is 6.92 Å². The third-order valence-corrected chi connectivity index (χ3v) is 6.05. The third-order valence-electron chi connectivity index (χ3n) is 4.47. The molecule has 1 amide bonds. The van der Waals surface area contributed by atoms with Gasteiger partial charge in [-0.1, -0.05) is 30.3 Å². The first kappa shape index (κ1) is 21.0. The van der Waals surface area contributed by atoms with Crippen molar-refractivity contribution in [2.75, 3.05) is 11.9 Å². The number of ether oxygens (including phenoxy) is 1. The molecule has 1 N–H and O–H groups in total. The van der Waals surface area contributed by atoms with E-state index >= 15 is 0 Å². The fourth-order valence-electron chi connectivity index (χ4n) is 3.05. The van der Waals surface area contributed by atoms with Crippen LogP contribution >= 0.6 is 27.3 Å². The average molecular weight is 498 g/mol. The van der Waals surface area contributed by atoms with Crippen LogP contribution in [0.4, 0.5) is 5.00 Å². The first-order valence-corrected chi connectivity index (χ1v) is 11.0. The maximum Gasteiger partial charge on any atom is 0.359 e. The lowest BCUT2D eigenvalue weighted by Crippen LogP contribution is -2.25. The Morgan fingerprint density at radius 3 is 2.55 bits per heavy atom. The molecule has 0 spiro atoms. The van der Waals surface area contributed by atoms with Crippen LogP contribution in [0.3, 0.4) is 0 Å². The van der Waals surface area contributed by atoms with E-state index < -0.39 is 11.5 Å². The SMILES string of the molecule is CCOC(=O)c1nn(-c2ccccc2)c(=O)c2c(NC(=O)c3ccccc3Br)scc12. The Balaban J connectivity index is 1.89. The van der Waals surface area contributed by atoms with E-state index in [0.29, 0.717) is 26.1 Å². The quantitative estimate of drug-likeness (QED) is 0.405. The van der Waals surface area contributed by atoms with E-state index in [4.69, 9.17) is 4.74 Å². The van der Waals surface area contributed by atoms with Gasteiger partial charge in [0.05, 0.1) is 23.2 Å². The fourth-order valence-corrected chi connectivity index (χ4v) is 4.45. The predicted octanol–water partition coefficient (Wildman–Crippen LogP) is 4.64. The zero-order chi connectivity index (χ0) is 22.0. The number of thiophene rings is 1. The Bertz CT molecular complexity index is 1350. The molecule has 0 aliphatic carbocycles. The van der Waals surface area contributed by atoms with Crippen molar-refractivity contribution in [2.24, 2.45) is 0 Å². The van der Waals surface area contributed by atoms with Gasteiger partial charge >= 0.3 is 5.97 Å². The number of carbonyl (C=O) groups excluding carboxylic acids is 2. The second-order valence-electron chi connectivity index (χ2n) is 6.41. The number of carbonyl (C=O) groups is 2. The van der Waals surface area contributed by atoms with Crippen LogP contribution in [-0.4, -0.2) is 28.3 Å². The van der Waals surface area contributed by atoms with Crippen molar-refractivity contribution in [3.05, 3.63) is 86.1 Å². The molecular weight excluding hydrogens is 482 g/mol. The van der Waals surface area contributed by atoms with Crippen molar-refractivity contribution < 1.29 is 14.3 Å². The number of amides is 1. The highest BCUT2D eigenvalue weighted by atomic mass is 79.9. The fraction of sp³-hybridized carbons (Fsp3) is 0.0909. The summed E-state index contributed by atoms with van der Waals surface area (Å²) in [4.78, 5) is 38.7. The second-order valence-corrected chi connectivity index (χ2v) is 8.14. The van der Waals surface area contributed by atoms with E-state index in [1.165, 1.54) is 0 Å². The molecule has 0 unspecified atom stereocenters. The molecule has 31 heavy (non-hydrogen) atoms. The van der Waals surface area contributed by atoms with Gasteiger partial charge in [0, 0.05) is 15.2 Å². The summed E-state index contributed by atoms with van der Waals surface area (Å²) in [6, 6.07) is 15.7. The van der Waals surface area contributed by atoms with E-state index in [1.807, 2.05) is 6.07 Å². The number of benzene rings is 2. The summed E-state index contributed by atoms with van der Waals surface area (Å²) in [5, 5.41) is 9.56. The highest BCUT2D eigenvalue weighted by Crippen LogP contribution is 2.31. The van der Waals surface area contributed by atoms with Crippen molar-refractivity contribution >= 4 is 54.9 Å². The van der Waals surface area contributed by atoms with Gasteiger partial charge in [-0.15, -0.1) is 11.3 Å². The van der Waals surface area contributed by atoms with Gasteiger partial charge in [0.15, 0.2) is 5.69 Å². The molecule has 0 bridgehead atoms. The number of nitrogens with zero attached hydrogens (tertiary/aromatic N) is 2. The van der Waals surface area contributed by atoms with E-state index in [9.17, 15) is 14.4 Å². The Morgan fingerprint density at radius 2 is 1.84 bits per heavy atom. The van der Waals surface area contributed by atoms with E-state index in [0.717, 1.165) is 16.0 Å². The number of rotatable bonds is 5. The summed E-state index contributed by atoms with van der Waals surface area (Å²) in [6.45, 7) is 1.86. The number of esters is 1. The van der Waals surface area contributed by atoms with Crippen molar-refractivity contribution in [3.8, 4) is 5.69 Å². The molecule has 0 saturated carbocycles. The lowest BCUT2D eigenvalue weighted by molar-refractivity contribution is 0.0520. The molecule has 0 aliphatic heterocycles. The van der Waals surface area contributed by atoms with E-state index in [1.54, 1.807) is 60.8 Å². The molecule has 0 fully saturated rings. The minimum absolute atomic E-state index is 0.0120. The maximum absolute atomic E-state index is 13.3. The molecule has 2 aromatic heterocycles. The molecule has 2 aromatic carbocycles. The van der Waals surface area contributed by atoms with Gasteiger partial charge in [-0.05, 0) is 47.1 Å². The smallest absolute Gasteiger partial charge is 0.359 e. The Labute approximate surface area is 189 Å². The van der Waals surface area contributed by atoms with E-state index in [-0.39, 0.29) is 23.6 Å². The van der Waals surface area contributed by atoms with Crippen LogP contribution < -0.4 is 10.9 Å². The zero-order valence-corrected chi connectivity index (χ0v) is 18.7.